The van der Waals surface area contributed by atoms with Gasteiger partial charge in [0.05, 0.1) is 7.11 Å². The molecule has 0 spiro atoms. The van der Waals surface area contributed by atoms with Crippen LogP contribution in [0.5, 0.6) is 0 Å². The van der Waals surface area contributed by atoms with Crippen LogP contribution in [0.3, 0.4) is 0 Å². The van der Waals surface area contributed by atoms with Crippen molar-refractivity contribution in [2.75, 3.05) is 7.11 Å². The van der Waals surface area contributed by atoms with Crippen LogP contribution in [-0.4, -0.2) is 18.1 Å². The first-order valence-corrected chi connectivity index (χ1v) is 4.36. The zero-order valence-corrected chi connectivity index (χ0v) is 8.57. The van der Waals surface area contributed by atoms with Crippen LogP contribution in [0.15, 0.2) is 24.4 Å². The van der Waals surface area contributed by atoms with E-state index in [0.29, 0.717) is 5.69 Å². The molecule has 0 aliphatic carbocycles. The molecule has 1 aromatic rings. The maximum atomic E-state index is 11.2. The number of methoxy groups -OCH3 is 1. The maximum absolute atomic E-state index is 11.2. The van der Waals surface area contributed by atoms with E-state index in [1.54, 1.807) is 12.3 Å². The number of nitrogens with zero attached hydrogens (tertiary/aromatic N) is 1. The van der Waals surface area contributed by atoms with Gasteiger partial charge in [-0.25, -0.2) is 9.78 Å². The predicted octanol–water partition coefficient (Wildman–Crippen LogP) is 2.29. The number of pyridine rings is 1. The Morgan fingerprint density at radius 1 is 1.57 bits per heavy atom. The van der Waals surface area contributed by atoms with Crippen molar-refractivity contribution in [1.82, 2.24) is 4.98 Å². The number of carbonyl (C=O) groups is 1. The van der Waals surface area contributed by atoms with Crippen molar-refractivity contribution >= 4 is 11.5 Å². The van der Waals surface area contributed by atoms with Gasteiger partial charge in [-0.1, -0.05) is 6.08 Å². The lowest BCUT2D eigenvalue weighted by atomic mass is 10.1. The fourth-order valence-corrected chi connectivity index (χ4v) is 1.06. The summed E-state index contributed by atoms with van der Waals surface area (Å²) in [6.07, 6.45) is 3.59. The van der Waals surface area contributed by atoms with E-state index in [9.17, 15) is 4.79 Å². The van der Waals surface area contributed by atoms with Gasteiger partial charge in [-0.15, -0.1) is 0 Å². The van der Waals surface area contributed by atoms with Gasteiger partial charge >= 0.3 is 5.97 Å². The first-order valence-electron chi connectivity index (χ1n) is 4.36. The third-order valence-corrected chi connectivity index (χ3v) is 2.04. The van der Waals surface area contributed by atoms with Crippen molar-refractivity contribution in [2.24, 2.45) is 0 Å². The molecule has 14 heavy (non-hydrogen) atoms. The molecule has 0 atom stereocenters. The summed E-state index contributed by atoms with van der Waals surface area (Å²) < 4.78 is 4.58. The minimum Gasteiger partial charge on any atom is -0.464 e. The van der Waals surface area contributed by atoms with Gasteiger partial charge in [-0.05, 0) is 37.1 Å². The zero-order chi connectivity index (χ0) is 10.6. The van der Waals surface area contributed by atoms with Crippen LogP contribution in [0.1, 0.15) is 29.9 Å². The molecule has 1 rings (SSSR count). The number of carbonyl (C=O) groups excluding carboxylic acids is 1. The van der Waals surface area contributed by atoms with E-state index in [-0.39, 0.29) is 0 Å². The number of ether oxygens (including phenoxy) is 1. The number of rotatable bonds is 2. The lowest BCUT2D eigenvalue weighted by Gasteiger charge is -2.02. The highest BCUT2D eigenvalue weighted by molar-refractivity contribution is 5.88. The van der Waals surface area contributed by atoms with E-state index in [1.165, 1.54) is 7.11 Å². The maximum Gasteiger partial charge on any atom is 0.356 e. The van der Waals surface area contributed by atoms with Crippen LogP contribution in [0.4, 0.5) is 0 Å². The van der Waals surface area contributed by atoms with Crippen molar-refractivity contribution in [2.45, 2.75) is 13.8 Å². The third-order valence-electron chi connectivity index (χ3n) is 2.04. The molecule has 0 aliphatic heterocycles. The molecule has 0 bridgehead atoms. The van der Waals surface area contributed by atoms with Crippen LogP contribution >= 0.6 is 0 Å². The Bertz CT molecular complexity index is 369. The second-order valence-electron chi connectivity index (χ2n) is 2.89. The van der Waals surface area contributed by atoms with Gasteiger partial charge in [-0.2, -0.15) is 0 Å². The Hall–Kier alpha value is -1.64. The highest BCUT2D eigenvalue weighted by atomic mass is 16.5. The molecule has 0 N–H and O–H groups in total. The molecule has 3 nitrogen and oxygen atoms in total. The number of allylic oxidation sites excluding steroid dienone is 2. The molecule has 0 saturated heterocycles. The second-order valence-corrected chi connectivity index (χ2v) is 2.89. The largest absolute Gasteiger partial charge is 0.464 e. The summed E-state index contributed by atoms with van der Waals surface area (Å²) >= 11 is 0. The van der Waals surface area contributed by atoms with Crippen LogP contribution in [0.25, 0.3) is 5.57 Å². The Balaban J connectivity index is 3.07. The van der Waals surface area contributed by atoms with Crippen LogP contribution in [0.2, 0.25) is 0 Å². The lowest BCUT2D eigenvalue weighted by Crippen LogP contribution is -2.04. The quantitative estimate of drug-likeness (QED) is 0.673. The van der Waals surface area contributed by atoms with Gasteiger partial charge in [0.25, 0.3) is 0 Å². The van der Waals surface area contributed by atoms with E-state index >= 15 is 0 Å². The number of esters is 1. The number of hydrogen-bond donors (Lipinski definition) is 0. The van der Waals surface area contributed by atoms with Crippen molar-refractivity contribution in [1.29, 1.82) is 0 Å². The SMILES string of the molecule is C/C=C(\C)c1ccnc(C(=O)OC)c1. The van der Waals surface area contributed by atoms with E-state index < -0.39 is 5.97 Å². The third kappa shape index (κ3) is 2.19. The van der Waals surface area contributed by atoms with Crippen molar-refractivity contribution < 1.29 is 9.53 Å². The van der Waals surface area contributed by atoms with E-state index in [0.717, 1.165) is 11.1 Å². The van der Waals surface area contributed by atoms with Crippen LogP contribution in [-0.2, 0) is 4.74 Å². The summed E-state index contributed by atoms with van der Waals surface area (Å²) in [5.41, 5.74) is 2.44. The van der Waals surface area contributed by atoms with E-state index in [4.69, 9.17) is 0 Å². The average Bonchev–Trinajstić information content (AvgIpc) is 2.27. The van der Waals surface area contributed by atoms with Crippen molar-refractivity contribution in [3.63, 3.8) is 0 Å². The zero-order valence-electron chi connectivity index (χ0n) is 8.57. The standard InChI is InChI=1S/C11H13NO2/c1-4-8(2)9-5-6-12-10(7-9)11(13)14-3/h4-7H,1-3H3/b8-4+. The first-order chi connectivity index (χ1) is 6.69. The molecule has 74 valence electrons. The van der Waals surface area contributed by atoms with Crippen LogP contribution < -0.4 is 0 Å². The molecular formula is C11H13NO2. The molecule has 1 heterocycles. The first kappa shape index (κ1) is 10.4. The fraction of sp³-hybridized carbons (Fsp3) is 0.273. The highest BCUT2D eigenvalue weighted by Gasteiger charge is 2.07. The van der Waals surface area contributed by atoms with Gasteiger partial charge < -0.3 is 4.74 Å². The predicted molar refractivity (Wildman–Crippen MR) is 54.9 cm³/mol. The molecule has 1 aromatic heterocycles. The monoisotopic (exact) mass is 191 g/mol. The fourth-order valence-electron chi connectivity index (χ4n) is 1.06. The topological polar surface area (TPSA) is 39.2 Å². The summed E-state index contributed by atoms with van der Waals surface area (Å²) in [7, 11) is 1.35. The number of aromatic nitrogens is 1. The number of hydrogen-bond acceptors (Lipinski definition) is 3. The average molecular weight is 191 g/mol. The summed E-state index contributed by atoms with van der Waals surface area (Å²) in [6, 6.07) is 3.59. The van der Waals surface area contributed by atoms with Crippen LogP contribution in [0, 0.1) is 0 Å². The summed E-state index contributed by atoms with van der Waals surface area (Å²) in [6.45, 7) is 3.93. The van der Waals surface area contributed by atoms with E-state index in [1.807, 2.05) is 26.0 Å². The van der Waals surface area contributed by atoms with E-state index in [2.05, 4.69) is 9.72 Å². The Morgan fingerprint density at radius 3 is 2.86 bits per heavy atom. The minimum absolute atomic E-state index is 0.339. The molecule has 3 heteroatoms. The van der Waals surface area contributed by atoms with Gasteiger partial charge in [0.2, 0.25) is 0 Å². The molecular weight excluding hydrogens is 178 g/mol. The Kier molecular flexibility index (Phi) is 3.40. The smallest absolute Gasteiger partial charge is 0.356 e. The summed E-state index contributed by atoms with van der Waals surface area (Å²) in [5.74, 6) is -0.407. The molecule has 0 aromatic carbocycles. The molecule has 0 aliphatic rings. The molecule has 0 fully saturated rings. The normalized spacial score (nSPS) is 11.2. The summed E-state index contributed by atoms with van der Waals surface area (Å²) in [5, 5.41) is 0. The Labute approximate surface area is 83.4 Å². The van der Waals surface area contributed by atoms with Crippen molar-refractivity contribution in [3.05, 3.63) is 35.7 Å². The van der Waals surface area contributed by atoms with Gasteiger partial charge in [0.1, 0.15) is 5.69 Å². The van der Waals surface area contributed by atoms with Gasteiger partial charge in [-0.3, -0.25) is 0 Å². The summed E-state index contributed by atoms with van der Waals surface area (Å²) in [4.78, 5) is 15.1. The second kappa shape index (κ2) is 4.56. The molecule has 0 unspecified atom stereocenters. The minimum atomic E-state index is -0.407. The van der Waals surface area contributed by atoms with Gasteiger partial charge in [0, 0.05) is 6.20 Å². The molecule has 0 saturated carbocycles. The Morgan fingerprint density at radius 2 is 2.29 bits per heavy atom. The van der Waals surface area contributed by atoms with Crippen molar-refractivity contribution in [3.8, 4) is 0 Å². The highest BCUT2D eigenvalue weighted by Crippen LogP contribution is 2.13. The molecule has 0 amide bonds. The lowest BCUT2D eigenvalue weighted by molar-refractivity contribution is 0.0594. The van der Waals surface area contributed by atoms with Gasteiger partial charge in [0.15, 0.2) is 0 Å². The molecule has 0 radical (unpaired) electrons.